The Morgan fingerprint density at radius 1 is 1.17 bits per heavy atom. The number of ether oxygens (including phenoxy) is 3. The van der Waals surface area contributed by atoms with Gasteiger partial charge in [-0.25, -0.2) is 0 Å². The molecule has 0 fully saturated rings. The van der Waals surface area contributed by atoms with Crippen LogP contribution in [-0.2, 0) is 16.1 Å². The number of hydrogen-bond acceptors (Lipinski definition) is 8. The van der Waals surface area contributed by atoms with Gasteiger partial charge in [0.25, 0.3) is 5.89 Å². The van der Waals surface area contributed by atoms with Crippen molar-refractivity contribution in [3.05, 3.63) is 35.5 Å². The first-order valence-corrected chi connectivity index (χ1v) is 7.49. The molecule has 0 amide bonds. The van der Waals surface area contributed by atoms with E-state index >= 15 is 0 Å². The Balaban J connectivity index is 1.49. The van der Waals surface area contributed by atoms with Gasteiger partial charge in [-0.1, -0.05) is 5.16 Å². The number of carbonyl (C=O) groups is 2. The van der Waals surface area contributed by atoms with Crippen LogP contribution in [0.3, 0.4) is 0 Å². The largest absolute Gasteiger partial charge is 0.486 e. The normalized spacial score (nSPS) is 12.7. The number of aryl methyl sites for hydroxylation is 1. The molecular formula is C16H16N2O6. The molecule has 0 unspecified atom stereocenters. The number of aromatic nitrogens is 2. The van der Waals surface area contributed by atoms with E-state index in [1.54, 1.807) is 25.1 Å². The number of hydrogen-bond donors (Lipinski definition) is 0. The zero-order valence-corrected chi connectivity index (χ0v) is 13.1. The number of fused-ring (bicyclic) bond motifs is 1. The summed E-state index contributed by atoms with van der Waals surface area (Å²) in [6.45, 7) is 2.51. The molecule has 1 aromatic heterocycles. The number of nitrogens with zero attached hydrogens (tertiary/aromatic N) is 2. The third-order valence-electron chi connectivity index (χ3n) is 3.35. The van der Waals surface area contributed by atoms with Crippen LogP contribution in [0.4, 0.5) is 0 Å². The van der Waals surface area contributed by atoms with E-state index in [1.165, 1.54) is 0 Å². The highest BCUT2D eigenvalue weighted by atomic mass is 16.6. The van der Waals surface area contributed by atoms with Gasteiger partial charge in [0.2, 0.25) is 0 Å². The van der Waals surface area contributed by atoms with Crippen LogP contribution in [-0.4, -0.2) is 35.1 Å². The van der Waals surface area contributed by atoms with E-state index in [1.807, 2.05) is 0 Å². The monoisotopic (exact) mass is 332 g/mol. The highest BCUT2D eigenvalue weighted by Gasteiger charge is 2.16. The fourth-order valence-electron chi connectivity index (χ4n) is 2.19. The molecule has 0 spiro atoms. The molecule has 0 saturated carbocycles. The quantitative estimate of drug-likeness (QED) is 0.583. The van der Waals surface area contributed by atoms with Crippen LogP contribution in [0.2, 0.25) is 0 Å². The molecule has 2 heterocycles. The molecule has 1 aliphatic heterocycles. The van der Waals surface area contributed by atoms with Crippen LogP contribution in [0.5, 0.6) is 11.5 Å². The lowest BCUT2D eigenvalue weighted by molar-refractivity contribution is -0.145. The fourth-order valence-corrected chi connectivity index (χ4v) is 2.19. The Bertz CT molecular complexity index is 755. The lowest BCUT2D eigenvalue weighted by atomic mass is 10.1. The summed E-state index contributed by atoms with van der Waals surface area (Å²) >= 11 is 0. The van der Waals surface area contributed by atoms with Gasteiger partial charge >= 0.3 is 5.97 Å². The maximum absolute atomic E-state index is 12.2. The van der Waals surface area contributed by atoms with Crippen LogP contribution < -0.4 is 9.47 Å². The summed E-state index contributed by atoms with van der Waals surface area (Å²) in [6.07, 6.45) is 0.0156. The van der Waals surface area contributed by atoms with E-state index in [4.69, 9.17) is 18.7 Å². The smallest absolute Gasteiger partial charge is 0.306 e. The van der Waals surface area contributed by atoms with Crippen molar-refractivity contribution in [3.8, 4) is 11.5 Å². The average molecular weight is 332 g/mol. The number of esters is 1. The van der Waals surface area contributed by atoms with E-state index in [0.717, 1.165) is 0 Å². The predicted molar refractivity (Wildman–Crippen MR) is 79.8 cm³/mol. The Labute approximate surface area is 137 Å². The van der Waals surface area contributed by atoms with E-state index in [-0.39, 0.29) is 31.1 Å². The standard InChI is InChI=1S/C16H16N2O6/c1-10-17-15(24-18-10)9-23-16(20)5-3-12(19)11-2-4-13-14(8-11)22-7-6-21-13/h2,4,8H,3,5-7,9H2,1H3. The molecule has 0 saturated heterocycles. The minimum absolute atomic E-state index is 0.0274. The van der Waals surface area contributed by atoms with Crippen LogP contribution >= 0.6 is 0 Å². The number of Topliss-reactive ketones (excluding diaryl/α,β-unsaturated/α-hetero) is 1. The zero-order chi connectivity index (χ0) is 16.9. The Hall–Kier alpha value is -2.90. The molecule has 126 valence electrons. The molecule has 0 aliphatic carbocycles. The van der Waals surface area contributed by atoms with Gasteiger partial charge in [-0.3, -0.25) is 9.59 Å². The molecule has 0 bridgehead atoms. The average Bonchev–Trinajstić information content (AvgIpc) is 3.02. The van der Waals surface area contributed by atoms with Crippen molar-refractivity contribution in [2.75, 3.05) is 13.2 Å². The van der Waals surface area contributed by atoms with Gasteiger partial charge in [-0.2, -0.15) is 4.98 Å². The lowest BCUT2D eigenvalue weighted by Crippen LogP contribution is -2.16. The summed E-state index contributed by atoms with van der Waals surface area (Å²) < 4.78 is 20.7. The van der Waals surface area contributed by atoms with Crippen molar-refractivity contribution in [2.45, 2.75) is 26.4 Å². The summed E-state index contributed by atoms with van der Waals surface area (Å²) in [5, 5.41) is 3.59. The van der Waals surface area contributed by atoms with Gasteiger partial charge in [-0.05, 0) is 25.1 Å². The number of rotatable bonds is 6. The number of carbonyl (C=O) groups excluding carboxylic acids is 2. The molecule has 0 radical (unpaired) electrons. The van der Waals surface area contributed by atoms with Crippen molar-refractivity contribution in [3.63, 3.8) is 0 Å². The third-order valence-corrected chi connectivity index (χ3v) is 3.35. The summed E-state index contributed by atoms with van der Waals surface area (Å²) in [5.41, 5.74) is 0.472. The maximum atomic E-state index is 12.2. The van der Waals surface area contributed by atoms with Crippen LogP contribution in [0.15, 0.2) is 22.7 Å². The fraction of sp³-hybridized carbons (Fsp3) is 0.375. The molecule has 24 heavy (non-hydrogen) atoms. The van der Waals surface area contributed by atoms with Gasteiger partial charge in [0.05, 0.1) is 6.42 Å². The van der Waals surface area contributed by atoms with Gasteiger partial charge in [0, 0.05) is 12.0 Å². The first-order chi connectivity index (χ1) is 11.6. The second-order valence-electron chi connectivity index (χ2n) is 5.18. The first kappa shape index (κ1) is 16.0. The Morgan fingerprint density at radius 3 is 2.71 bits per heavy atom. The van der Waals surface area contributed by atoms with Gasteiger partial charge in [-0.15, -0.1) is 0 Å². The molecule has 1 aromatic carbocycles. The SMILES string of the molecule is Cc1noc(COC(=O)CCC(=O)c2ccc3c(c2)OCCO3)n1. The highest BCUT2D eigenvalue weighted by molar-refractivity contribution is 5.98. The van der Waals surface area contributed by atoms with Crippen molar-refractivity contribution in [2.24, 2.45) is 0 Å². The second kappa shape index (κ2) is 7.12. The van der Waals surface area contributed by atoms with Gasteiger partial charge < -0.3 is 18.7 Å². The Morgan fingerprint density at radius 2 is 1.96 bits per heavy atom. The molecule has 1 aliphatic rings. The third kappa shape index (κ3) is 3.89. The van der Waals surface area contributed by atoms with E-state index < -0.39 is 5.97 Å². The van der Waals surface area contributed by atoms with Crippen LogP contribution in [0.25, 0.3) is 0 Å². The molecular weight excluding hydrogens is 316 g/mol. The summed E-state index contributed by atoms with van der Waals surface area (Å²) in [7, 11) is 0. The summed E-state index contributed by atoms with van der Waals surface area (Å²) in [4.78, 5) is 27.8. The lowest BCUT2D eigenvalue weighted by Gasteiger charge is -2.18. The Kier molecular flexibility index (Phi) is 4.74. The molecule has 0 atom stereocenters. The maximum Gasteiger partial charge on any atom is 0.306 e. The highest BCUT2D eigenvalue weighted by Crippen LogP contribution is 2.31. The predicted octanol–water partition coefficient (Wildman–Crippen LogP) is 1.86. The van der Waals surface area contributed by atoms with Crippen LogP contribution in [0.1, 0.15) is 34.9 Å². The zero-order valence-electron chi connectivity index (χ0n) is 13.1. The van der Waals surface area contributed by atoms with Gasteiger partial charge in [0.15, 0.2) is 29.7 Å². The first-order valence-electron chi connectivity index (χ1n) is 7.49. The van der Waals surface area contributed by atoms with Crippen molar-refractivity contribution >= 4 is 11.8 Å². The summed E-state index contributed by atoms with van der Waals surface area (Å²) in [5.74, 6) is 1.18. The second-order valence-corrected chi connectivity index (χ2v) is 5.18. The van der Waals surface area contributed by atoms with E-state index in [0.29, 0.717) is 36.1 Å². The van der Waals surface area contributed by atoms with Crippen LogP contribution in [0, 0.1) is 6.92 Å². The minimum Gasteiger partial charge on any atom is -0.486 e. The summed E-state index contributed by atoms with van der Waals surface area (Å²) in [6, 6.07) is 4.98. The van der Waals surface area contributed by atoms with E-state index in [9.17, 15) is 9.59 Å². The number of benzene rings is 1. The topological polar surface area (TPSA) is 101 Å². The molecule has 2 aromatic rings. The van der Waals surface area contributed by atoms with Gasteiger partial charge in [0.1, 0.15) is 13.2 Å². The molecule has 3 rings (SSSR count). The molecule has 8 nitrogen and oxygen atoms in total. The minimum atomic E-state index is -0.503. The number of ketones is 1. The van der Waals surface area contributed by atoms with Crippen molar-refractivity contribution in [1.82, 2.24) is 10.1 Å². The van der Waals surface area contributed by atoms with Crippen molar-refractivity contribution < 1.29 is 28.3 Å². The van der Waals surface area contributed by atoms with Crippen molar-refractivity contribution in [1.29, 1.82) is 0 Å². The molecule has 8 heteroatoms. The molecule has 0 N–H and O–H groups in total. The van der Waals surface area contributed by atoms with E-state index in [2.05, 4.69) is 10.1 Å².